The Morgan fingerprint density at radius 1 is 0.720 bits per heavy atom. The number of hydrogen-bond acceptors (Lipinski definition) is 1. The molecular formula is C23H24BN. The van der Waals surface area contributed by atoms with Crippen LogP contribution in [0.15, 0.2) is 97.1 Å². The number of benzene rings is 3. The van der Waals surface area contributed by atoms with Crippen LogP contribution in [0.2, 0.25) is 0 Å². The van der Waals surface area contributed by atoms with Gasteiger partial charge >= 0.3 is 0 Å². The SMILES string of the molecule is CN(C)C/C=C(/B(c1ccccc1)c1ccccc1)c1ccccc1. The molecule has 0 fully saturated rings. The molecule has 0 saturated carbocycles. The molecule has 0 aliphatic carbocycles. The van der Waals surface area contributed by atoms with E-state index in [0.717, 1.165) is 6.54 Å². The summed E-state index contributed by atoms with van der Waals surface area (Å²) in [5.41, 5.74) is 5.28. The van der Waals surface area contributed by atoms with Crippen molar-refractivity contribution in [2.24, 2.45) is 0 Å². The summed E-state index contributed by atoms with van der Waals surface area (Å²) in [5, 5.41) is 0. The quantitative estimate of drug-likeness (QED) is 0.627. The van der Waals surface area contributed by atoms with Crippen molar-refractivity contribution < 1.29 is 0 Å². The molecule has 0 amide bonds. The average molecular weight is 325 g/mol. The first-order valence-corrected chi connectivity index (χ1v) is 8.76. The third-order valence-corrected chi connectivity index (χ3v) is 4.36. The molecule has 0 heterocycles. The zero-order chi connectivity index (χ0) is 17.5. The molecule has 0 atom stereocenters. The van der Waals surface area contributed by atoms with Gasteiger partial charge in [-0.05, 0) is 19.7 Å². The summed E-state index contributed by atoms with van der Waals surface area (Å²) in [5.74, 6) is 0. The Morgan fingerprint density at radius 3 is 1.60 bits per heavy atom. The van der Waals surface area contributed by atoms with E-state index < -0.39 is 0 Å². The first-order valence-electron chi connectivity index (χ1n) is 8.76. The summed E-state index contributed by atoms with van der Waals surface area (Å²) in [6.45, 7) is 1.14. The maximum atomic E-state index is 2.36. The Balaban J connectivity index is 2.15. The van der Waals surface area contributed by atoms with Crippen molar-refractivity contribution in [3.05, 3.63) is 103 Å². The van der Waals surface area contributed by atoms with Crippen molar-refractivity contribution in [3.63, 3.8) is 0 Å². The lowest BCUT2D eigenvalue weighted by Crippen LogP contribution is -2.43. The smallest absolute Gasteiger partial charge is 0.241 e. The van der Waals surface area contributed by atoms with Gasteiger partial charge in [-0.2, -0.15) is 0 Å². The highest BCUT2D eigenvalue weighted by atomic mass is 15.0. The second-order valence-electron chi connectivity index (χ2n) is 6.54. The van der Waals surface area contributed by atoms with E-state index in [9.17, 15) is 0 Å². The van der Waals surface area contributed by atoms with Gasteiger partial charge in [0.15, 0.2) is 0 Å². The van der Waals surface area contributed by atoms with Crippen LogP contribution >= 0.6 is 0 Å². The molecule has 1 nitrogen and oxygen atoms in total. The highest BCUT2D eigenvalue weighted by molar-refractivity contribution is 6.99. The molecule has 2 heteroatoms. The van der Waals surface area contributed by atoms with E-state index in [1.165, 1.54) is 22.0 Å². The first kappa shape index (κ1) is 17.3. The highest BCUT2D eigenvalue weighted by Gasteiger charge is 2.24. The summed E-state index contributed by atoms with van der Waals surface area (Å²) in [7, 11) is 4.22. The van der Waals surface area contributed by atoms with Gasteiger partial charge in [-0.25, -0.2) is 0 Å². The molecule has 0 unspecified atom stereocenters. The van der Waals surface area contributed by atoms with E-state index in [4.69, 9.17) is 0 Å². The fraction of sp³-hybridized carbons (Fsp3) is 0.130. The van der Waals surface area contributed by atoms with Crippen molar-refractivity contribution >= 4 is 23.1 Å². The average Bonchev–Trinajstić information content (AvgIpc) is 2.67. The molecule has 3 rings (SSSR count). The maximum Gasteiger partial charge on any atom is 0.241 e. The number of hydrogen-bond donors (Lipinski definition) is 0. The zero-order valence-electron chi connectivity index (χ0n) is 15.0. The molecule has 124 valence electrons. The van der Waals surface area contributed by atoms with Gasteiger partial charge in [-0.3, -0.25) is 0 Å². The van der Waals surface area contributed by atoms with E-state index in [1.54, 1.807) is 0 Å². The molecule has 0 radical (unpaired) electrons. The molecule has 0 aromatic heterocycles. The molecular weight excluding hydrogens is 301 g/mol. The van der Waals surface area contributed by atoms with E-state index in [1.807, 2.05) is 0 Å². The fourth-order valence-corrected chi connectivity index (χ4v) is 3.16. The summed E-state index contributed by atoms with van der Waals surface area (Å²) in [6.07, 6.45) is 2.36. The second kappa shape index (κ2) is 8.50. The third-order valence-electron chi connectivity index (χ3n) is 4.36. The van der Waals surface area contributed by atoms with Gasteiger partial charge < -0.3 is 4.90 Å². The van der Waals surface area contributed by atoms with Crippen molar-refractivity contribution in [2.75, 3.05) is 20.6 Å². The minimum absolute atomic E-state index is 0.227. The van der Waals surface area contributed by atoms with Crippen LogP contribution < -0.4 is 10.9 Å². The van der Waals surface area contributed by atoms with Crippen molar-refractivity contribution in [3.8, 4) is 0 Å². The number of rotatable bonds is 6. The van der Waals surface area contributed by atoms with Gasteiger partial charge in [0.25, 0.3) is 0 Å². The van der Waals surface area contributed by atoms with E-state index in [2.05, 4.69) is 116 Å². The van der Waals surface area contributed by atoms with Crippen LogP contribution in [0.5, 0.6) is 0 Å². The van der Waals surface area contributed by atoms with Crippen LogP contribution in [0.4, 0.5) is 0 Å². The van der Waals surface area contributed by atoms with Crippen molar-refractivity contribution in [2.45, 2.75) is 0 Å². The van der Waals surface area contributed by atoms with E-state index in [-0.39, 0.29) is 6.71 Å². The summed E-state index contributed by atoms with van der Waals surface area (Å²) >= 11 is 0. The summed E-state index contributed by atoms with van der Waals surface area (Å²) in [6, 6.07) is 32.3. The summed E-state index contributed by atoms with van der Waals surface area (Å²) < 4.78 is 0. The third kappa shape index (κ3) is 4.49. The second-order valence-corrected chi connectivity index (χ2v) is 6.54. The van der Waals surface area contributed by atoms with Gasteiger partial charge in [0, 0.05) is 6.54 Å². The lowest BCUT2D eigenvalue weighted by Gasteiger charge is -2.20. The van der Waals surface area contributed by atoms with Gasteiger partial charge in [0.05, 0.1) is 0 Å². The predicted molar refractivity (Wildman–Crippen MR) is 111 cm³/mol. The molecule has 0 N–H and O–H groups in total. The normalized spacial score (nSPS) is 11.6. The van der Waals surface area contributed by atoms with Crippen LogP contribution in [0.25, 0.3) is 5.47 Å². The lowest BCUT2D eigenvalue weighted by atomic mass is 9.35. The zero-order valence-corrected chi connectivity index (χ0v) is 15.0. The van der Waals surface area contributed by atoms with Crippen LogP contribution in [0.1, 0.15) is 5.56 Å². The fourth-order valence-electron chi connectivity index (χ4n) is 3.16. The molecule has 25 heavy (non-hydrogen) atoms. The Kier molecular flexibility index (Phi) is 5.87. The van der Waals surface area contributed by atoms with E-state index in [0.29, 0.717) is 0 Å². The van der Waals surface area contributed by atoms with Crippen LogP contribution in [0.3, 0.4) is 0 Å². The molecule has 0 aliphatic rings. The van der Waals surface area contributed by atoms with Gasteiger partial charge in [-0.1, -0.05) is 113 Å². The molecule has 0 aliphatic heterocycles. The van der Waals surface area contributed by atoms with E-state index >= 15 is 0 Å². The topological polar surface area (TPSA) is 3.24 Å². The molecule has 3 aromatic carbocycles. The van der Waals surface area contributed by atoms with Crippen LogP contribution in [0, 0.1) is 0 Å². The standard InChI is InChI=1S/C23H24BN/c1-25(2)19-18-23(20-12-6-3-7-13-20)24(21-14-8-4-9-15-21)22-16-10-5-11-17-22/h3-18H,19H2,1-2H3/b23-18+. The monoisotopic (exact) mass is 325 g/mol. The van der Waals surface area contributed by atoms with Gasteiger partial charge in [0.1, 0.15) is 0 Å². The largest absolute Gasteiger partial charge is 0.306 e. The van der Waals surface area contributed by atoms with Crippen LogP contribution in [-0.2, 0) is 0 Å². The Morgan fingerprint density at radius 2 is 1.16 bits per heavy atom. The molecule has 0 bridgehead atoms. The Labute approximate surface area is 151 Å². The van der Waals surface area contributed by atoms with Crippen LogP contribution in [-0.4, -0.2) is 32.3 Å². The summed E-state index contributed by atoms with van der Waals surface area (Å²) in [4.78, 5) is 2.20. The van der Waals surface area contributed by atoms with Gasteiger partial charge in [0.2, 0.25) is 6.71 Å². The highest BCUT2D eigenvalue weighted by Crippen LogP contribution is 2.18. The lowest BCUT2D eigenvalue weighted by molar-refractivity contribution is 0.457. The minimum atomic E-state index is 0.227. The van der Waals surface area contributed by atoms with Gasteiger partial charge in [-0.15, -0.1) is 0 Å². The van der Waals surface area contributed by atoms with Crippen molar-refractivity contribution in [1.82, 2.24) is 4.90 Å². The maximum absolute atomic E-state index is 2.36. The molecule has 0 saturated heterocycles. The molecule has 3 aromatic rings. The molecule has 0 spiro atoms. The number of likely N-dealkylation sites (N-methyl/N-ethyl adjacent to an activating group) is 1. The Hall–Kier alpha value is -2.58. The number of nitrogens with zero attached hydrogens (tertiary/aromatic N) is 1. The minimum Gasteiger partial charge on any atom is -0.306 e. The van der Waals surface area contributed by atoms with Crippen molar-refractivity contribution in [1.29, 1.82) is 0 Å². The first-order chi connectivity index (χ1) is 12.3. The predicted octanol–water partition coefficient (Wildman–Crippen LogP) is 3.48. The Bertz CT molecular complexity index is 756.